The van der Waals surface area contributed by atoms with Gasteiger partial charge in [0.15, 0.2) is 0 Å². The Kier molecular flexibility index (Phi) is 4.67. The fraction of sp³-hybridized carbons (Fsp3) is 0.167. The number of halogens is 5. The van der Waals surface area contributed by atoms with Crippen molar-refractivity contribution in [3.63, 3.8) is 0 Å². The number of carbonyl (C=O) groups is 1. The molecule has 0 aliphatic carbocycles. The summed E-state index contributed by atoms with van der Waals surface area (Å²) in [4.78, 5) is 10.6. The van der Waals surface area contributed by atoms with Gasteiger partial charge in [-0.05, 0) is 47.5 Å². The zero-order valence-corrected chi connectivity index (χ0v) is 14.5. The Labute approximate surface area is 156 Å². The molecule has 3 rings (SSSR count). The van der Waals surface area contributed by atoms with Crippen LogP contribution in [-0.2, 0) is 16.8 Å². The molecular formula is C18H11Cl2F3O3. The van der Waals surface area contributed by atoms with Crippen molar-refractivity contribution in [3.8, 4) is 5.75 Å². The third-order valence-corrected chi connectivity index (χ3v) is 4.45. The first kappa shape index (κ1) is 18.6. The van der Waals surface area contributed by atoms with Gasteiger partial charge in [-0.2, -0.15) is 13.2 Å². The minimum Gasteiger partial charge on any atom is -0.478 e. The summed E-state index contributed by atoms with van der Waals surface area (Å²) < 4.78 is 47.3. The van der Waals surface area contributed by atoms with Crippen LogP contribution in [0.5, 0.6) is 5.75 Å². The Bertz CT molecular complexity index is 889. The number of fused-ring (bicyclic) bond motifs is 1. The van der Waals surface area contributed by atoms with Crippen molar-refractivity contribution in [2.75, 3.05) is 0 Å². The van der Waals surface area contributed by atoms with E-state index in [0.717, 1.165) is 6.08 Å². The first-order chi connectivity index (χ1) is 12.1. The van der Waals surface area contributed by atoms with E-state index in [2.05, 4.69) is 0 Å². The van der Waals surface area contributed by atoms with Crippen molar-refractivity contribution in [1.82, 2.24) is 0 Å². The topological polar surface area (TPSA) is 46.5 Å². The molecule has 1 N–H and O–H groups in total. The monoisotopic (exact) mass is 402 g/mol. The number of benzene rings is 2. The van der Waals surface area contributed by atoms with E-state index >= 15 is 0 Å². The number of ether oxygens (including phenoxy) is 1. The standard InChI is InChI=1S/C18H11Cl2F3O3/c19-13-6-12(7-14(20)8-13)17(18(21,22)23)9-11-5-10(2-4-16(24)25)1-3-15(11)26-17/h1-8H,9H2,(H,24,25)/b4-2+. The van der Waals surface area contributed by atoms with E-state index in [0.29, 0.717) is 11.1 Å². The molecule has 0 radical (unpaired) electrons. The van der Waals surface area contributed by atoms with Crippen molar-refractivity contribution in [2.45, 2.75) is 18.2 Å². The molecule has 8 heteroatoms. The first-order valence-electron chi connectivity index (χ1n) is 7.37. The predicted octanol–water partition coefficient (Wildman–Crippen LogP) is 5.48. The van der Waals surface area contributed by atoms with Crippen molar-refractivity contribution in [2.24, 2.45) is 0 Å². The smallest absolute Gasteiger partial charge is 0.432 e. The molecule has 0 amide bonds. The number of aliphatic carboxylic acids is 1. The maximum atomic E-state index is 14.0. The zero-order chi connectivity index (χ0) is 19.1. The van der Waals surface area contributed by atoms with Gasteiger partial charge in [0.1, 0.15) is 5.75 Å². The van der Waals surface area contributed by atoms with Crippen LogP contribution in [0.25, 0.3) is 6.08 Å². The van der Waals surface area contributed by atoms with Gasteiger partial charge in [0.2, 0.25) is 5.60 Å². The summed E-state index contributed by atoms with van der Waals surface area (Å²) in [5, 5.41) is 8.81. The maximum absolute atomic E-state index is 14.0. The Morgan fingerprint density at radius 2 is 1.81 bits per heavy atom. The van der Waals surface area contributed by atoms with Crippen molar-refractivity contribution in [1.29, 1.82) is 0 Å². The molecule has 0 bridgehead atoms. The van der Waals surface area contributed by atoms with E-state index in [-0.39, 0.29) is 21.4 Å². The number of carboxylic acid groups (broad SMARTS) is 1. The molecule has 1 atom stereocenters. The van der Waals surface area contributed by atoms with E-state index in [9.17, 15) is 18.0 Å². The fourth-order valence-electron chi connectivity index (χ4n) is 2.87. The Hall–Kier alpha value is -2.18. The van der Waals surface area contributed by atoms with Crippen molar-refractivity contribution < 1.29 is 27.8 Å². The first-order valence-corrected chi connectivity index (χ1v) is 8.12. The molecule has 2 aromatic rings. The van der Waals surface area contributed by atoms with Gasteiger partial charge in [0.25, 0.3) is 0 Å². The lowest BCUT2D eigenvalue weighted by molar-refractivity contribution is -0.248. The normalized spacial score (nSPS) is 19.4. The lowest BCUT2D eigenvalue weighted by Gasteiger charge is -2.31. The van der Waals surface area contributed by atoms with Crippen LogP contribution in [0.3, 0.4) is 0 Å². The van der Waals surface area contributed by atoms with Gasteiger partial charge in [-0.3, -0.25) is 0 Å². The number of alkyl halides is 3. The maximum Gasteiger partial charge on any atom is 0.432 e. The van der Waals surface area contributed by atoms with Gasteiger partial charge in [-0.15, -0.1) is 0 Å². The van der Waals surface area contributed by atoms with Crippen LogP contribution in [-0.4, -0.2) is 17.3 Å². The summed E-state index contributed by atoms with van der Waals surface area (Å²) in [6.45, 7) is 0. The van der Waals surface area contributed by atoms with Gasteiger partial charge in [-0.1, -0.05) is 29.3 Å². The SMILES string of the molecule is O=C(O)/C=C/c1ccc2c(c1)CC(c1cc(Cl)cc(Cl)c1)(C(F)(F)F)O2. The van der Waals surface area contributed by atoms with E-state index in [1.54, 1.807) is 0 Å². The second-order valence-corrected chi connectivity index (χ2v) is 6.67. The Balaban J connectivity index is 2.07. The van der Waals surface area contributed by atoms with Gasteiger partial charge < -0.3 is 9.84 Å². The predicted molar refractivity (Wildman–Crippen MR) is 91.6 cm³/mol. The van der Waals surface area contributed by atoms with Crippen molar-refractivity contribution >= 4 is 35.2 Å². The Morgan fingerprint density at radius 3 is 2.38 bits per heavy atom. The number of hydrogen-bond donors (Lipinski definition) is 1. The van der Waals surface area contributed by atoms with Crippen LogP contribution < -0.4 is 4.74 Å². The molecule has 2 aromatic carbocycles. The molecule has 1 unspecified atom stereocenters. The van der Waals surface area contributed by atoms with E-state index in [1.165, 1.54) is 42.5 Å². The highest BCUT2D eigenvalue weighted by Crippen LogP contribution is 2.51. The largest absolute Gasteiger partial charge is 0.478 e. The number of carboxylic acids is 1. The lowest BCUT2D eigenvalue weighted by atomic mass is 9.88. The highest BCUT2D eigenvalue weighted by atomic mass is 35.5. The summed E-state index contributed by atoms with van der Waals surface area (Å²) in [5.41, 5.74) is -2.04. The summed E-state index contributed by atoms with van der Waals surface area (Å²) in [6.07, 6.45) is -2.99. The quantitative estimate of drug-likeness (QED) is 0.691. The average molecular weight is 403 g/mol. The van der Waals surface area contributed by atoms with Gasteiger partial charge >= 0.3 is 12.1 Å². The molecule has 1 aliphatic rings. The molecule has 0 saturated heterocycles. The van der Waals surface area contributed by atoms with Gasteiger partial charge in [-0.25, -0.2) is 4.79 Å². The molecule has 0 aromatic heterocycles. The summed E-state index contributed by atoms with van der Waals surface area (Å²) >= 11 is 11.8. The minimum atomic E-state index is -4.73. The average Bonchev–Trinajstić information content (AvgIpc) is 2.91. The molecule has 1 aliphatic heterocycles. The van der Waals surface area contributed by atoms with E-state index in [4.69, 9.17) is 33.0 Å². The van der Waals surface area contributed by atoms with E-state index in [1.807, 2.05) is 0 Å². The molecule has 0 spiro atoms. The van der Waals surface area contributed by atoms with Crippen LogP contribution in [0, 0.1) is 0 Å². The minimum absolute atomic E-state index is 0.0701. The third-order valence-electron chi connectivity index (χ3n) is 4.01. The van der Waals surface area contributed by atoms with Gasteiger partial charge in [0.05, 0.1) is 0 Å². The molecular weight excluding hydrogens is 392 g/mol. The van der Waals surface area contributed by atoms with Gasteiger partial charge in [0, 0.05) is 28.1 Å². The van der Waals surface area contributed by atoms with Crippen LogP contribution >= 0.6 is 23.2 Å². The Morgan fingerprint density at radius 1 is 1.15 bits per heavy atom. The molecule has 1 heterocycles. The second kappa shape index (κ2) is 6.52. The highest BCUT2D eigenvalue weighted by molar-refractivity contribution is 6.34. The zero-order valence-electron chi connectivity index (χ0n) is 13.0. The summed E-state index contributed by atoms with van der Waals surface area (Å²) in [6, 6.07) is 8.03. The second-order valence-electron chi connectivity index (χ2n) is 5.80. The van der Waals surface area contributed by atoms with E-state index < -0.39 is 24.2 Å². The van der Waals surface area contributed by atoms with Crippen LogP contribution in [0.2, 0.25) is 10.0 Å². The lowest BCUT2D eigenvalue weighted by Crippen LogP contribution is -2.46. The van der Waals surface area contributed by atoms with Crippen LogP contribution in [0.1, 0.15) is 16.7 Å². The molecule has 0 saturated carbocycles. The summed E-state index contributed by atoms with van der Waals surface area (Å²) in [7, 11) is 0. The molecule has 26 heavy (non-hydrogen) atoms. The molecule has 0 fully saturated rings. The number of hydrogen-bond acceptors (Lipinski definition) is 2. The fourth-order valence-corrected chi connectivity index (χ4v) is 3.40. The third kappa shape index (κ3) is 3.39. The molecule has 136 valence electrons. The number of rotatable bonds is 3. The highest BCUT2D eigenvalue weighted by Gasteiger charge is 2.61. The van der Waals surface area contributed by atoms with Crippen LogP contribution in [0.15, 0.2) is 42.5 Å². The summed E-state index contributed by atoms with van der Waals surface area (Å²) in [5.74, 6) is -1.08. The molecule has 3 nitrogen and oxygen atoms in total. The van der Waals surface area contributed by atoms with Crippen LogP contribution in [0.4, 0.5) is 13.2 Å². The van der Waals surface area contributed by atoms with Crippen molar-refractivity contribution in [3.05, 3.63) is 69.2 Å².